The number of carboxylic acids is 1. The first-order valence-electron chi connectivity index (χ1n) is 12.8. The summed E-state index contributed by atoms with van der Waals surface area (Å²) in [5, 5.41) is 21.3. The number of anilines is 1. The molecule has 3 aromatic carbocycles. The topological polar surface area (TPSA) is 131 Å². The third kappa shape index (κ3) is 7.92. The second-order valence-electron chi connectivity index (χ2n) is 9.36. The van der Waals surface area contributed by atoms with Crippen LogP contribution in [0.25, 0.3) is 0 Å². The number of hydrogen-bond donors (Lipinski definition) is 3. The van der Waals surface area contributed by atoms with E-state index in [0.717, 1.165) is 16.0 Å². The van der Waals surface area contributed by atoms with E-state index in [1.165, 1.54) is 13.8 Å². The fraction of sp³-hybridized carbons (Fsp3) is 0.300. The summed E-state index contributed by atoms with van der Waals surface area (Å²) in [7, 11) is 0. The van der Waals surface area contributed by atoms with E-state index in [1.807, 2.05) is 30.3 Å². The molecule has 3 N–H and O–H groups in total. The van der Waals surface area contributed by atoms with E-state index in [0.29, 0.717) is 23.4 Å². The molecule has 0 bridgehead atoms. The van der Waals surface area contributed by atoms with Gasteiger partial charge in [-0.05, 0) is 54.4 Å². The minimum Gasteiger partial charge on any atom is -0.478 e. The van der Waals surface area contributed by atoms with Gasteiger partial charge < -0.3 is 29.7 Å². The van der Waals surface area contributed by atoms with Crippen LogP contribution in [0.5, 0.6) is 0 Å². The number of carbonyl (C=O) groups is 3. The Bertz CT molecular complexity index is 1330. The fourth-order valence-corrected chi connectivity index (χ4v) is 5.14. The smallest absolute Gasteiger partial charge is 0.335 e. The Labute approximate surface area is 236 Å². The summed E-state index contributed by atoms with van der Waals surface area (Å²) in [6.45, 7) is 2.69. The maximum absolute atomic E-state index is 12.5. The summed E-state index contributed by atoms with van der Waals surface area (Å²) >= 11 is 1.56. The van der Waals surface area contributed by atoms with Crippen molar-refractivity contribution < 1.29 is 38.8 Å². The number of carboxylic acid groups (broad SMARTS) is 1. The van der Waals surface area contributed by atoms with E-state index in [-0.39, 0.29) is 24.4 Å². The van der Waals surface area contributed by atoms with Crippen LogP contribution in [0.3, 0.4) is 0 Å². The van der Waals surface area contributed by atoms with Crippen LogP contribution < -0.4 is 5.32 Å². The predicted octanol–water partition coefficient (Wildman–Crippen LogP) is 5.10. The Morgan fingerprint density at radius 3 is 2.40 bits per heavy atom. The number of esters is 1. The zero-order valence-electron chi connectivity index (χ0n) is 22.1. The largest absolute Gasteiger partial charge is 0.478 e. The van der Waals surface area contributed by atoms with Gasteiger partial charge in [-0.2, -0.15) is 0 Å². The van der Waals surface area contributed by atoms with Crippen LogP contribution >= 0.6 is 11.8 Å². The lowest BCUT2D eigenvalue weighted by molar-refractivity contribution is -0.245. The lowest BCUT2D eigenvalue weighted by Crippen LogP contribution is -2.31. The molecule has 0 aromatic heterocycles. The number of benzene rings is 3. The van der Waals surface area contributed by atoms with Gasteiger partial charge in [0.1, 0.15) is 0 Å². The van der Waals surface area contributed by atoms with Crippen molar-refractivity contribution in [2.75, 3.05) is 11.1 Å². The van der Waals surface area contributed by atoms with Crippen molar-refractivity contribution in [3.05, 3.63) is 95.1 Å². The zero-order chi connectivity index (χ0) is 28.6. The molecule has 3 aromatic rings. The molecule has 0 aliphatic carbocycles. The maximum Gasteiger partial charge on any atom is 0.335 e. The highest BCUT2D eigenvalue weighted by molar-refractivity contribution is 7.99. The second kappa shape index (κ2) is 13.6. The number of hydrogen-bond acceptors (Lipinski definition) is 8. The van der Waals surface area contributed by atoms with Crippen molar-refractivity contribution in [3.8, 4) is 0 Å². The van der Waals surface area contributed by atoms with Crippen LogP contribution in [0.1, 0.15) is 59.7 Å². The molecule has 210 valence electrons. The lowest BCUT2D eigenvalue weighted by atomic mass is 10.0. The van der Waals surface area contributed by atoms with E-state index >= 15 is 0 Å². The van der Waals surface area contributed by atoms with Gasteiger partial charge >= 0.3 is 11.9 Å². The average molecular weight is 566 g/mol. The van der Waals surface area contributed by atoms with Crippen LogP contribution in [0, 0.1) is 0 Å². The highest BCUT2D eigenvalue weighted by Crippen LogP contribution is 2.40. The first-order chi connectivity index (χ1) is 19.2. The fourth-order valence-electron chi connectivity index (χ4n) is 4.22. The van der Waals surface area contributed by atoms with Gasteiger partial charge in [-0.15, -0.1) is 11.8 Å². The molecule has 10 heteroatoms. The number of carbonyl (C=O) groups excluding carboxylic acids is 2. The van der Waals surface area contributed by atoms with E-state index in [2.05, 4.69) is 5.32 Å². The van der Waals surface area contributed by atoms with Crippen molar-refractivity contribution in [3.63, 3.8) is 0 Å². The molecular weight excluding hydrogens is 534 g/mol. The van der Waals surface area contributed by atoms with Gasteiger partial charge in [-0.1, -0.05) is 36.4 Å². The normalized spacial score (nSPS) is 19.4. The molecule has 4 atom stereocenters. The van der Waals surface area contributed by atoms with E-state index < -0.39 is 30.2 Å². The minimum absolute atomic E-state index is 0.0495. The molecular formula is C30H31NO8S. The molecule has 1 heterocycles. The number of aliphatic hydroxyl groups is 1. The van der Waals surface area contributed by atoms with E-state index in [9.17, 15) is 19.5 Å². The minimum atomic E-state index is -0.971. The summed E-state index contributed by atoms with van der Waals surface area (Å²) in [4.78, 5) is 35.7. The Morgan fingerprint density at radius 2 is 1.75 bits per heavy atom. The van der Waals surface area contributed by atoms with E-state index in [4.69, 9.17) is 19.3 Å². The van der Waals surface area contributed by atoms with Crippen LogP contribution in [-0.2, 0) is 30.4 Å². The number of ether oxygens (including phenoxy) is 3. The summed E-state index contributed by atoms with van der Waals surface area (Å²) in [6, 6.07) is 21.4. The van der Waals surface area contributed by atoms with Gasteiger partial charge in [0.25, 0.3) is 5.91 Å². The summed E-state index contributed by atoms with van der Waals surface area (Å²) in [5.74, 6) is -1.36. The van der Waals surface area contributed by atoms with Crippen LogP contribution in [0.15, 0.2) is 77.7 Å². The van der Waals surface area contributed by atoms with Crippen molar-refractivity contribution in [2.24, 2.45) is 0 Å². The highest BCUT2D eigenvalue weighted by atomic mass is 32.2. The second-order valence-corrected chi connectivity index (χ2v) is 10.5. The molecule has 4 rings (SSSR count). The van der Waals surface area contributed by atoms with Crippen molar-refractivity contribution in [2.45, 2.75) is 56.4 Å². The number of nitrogens with one attached hydrogen (secondary N) is 1. The lowest BCUT2D eigenvalue weighted by Gasteiger charge is -2.36. The van der Waals surface area contributed by atoms with Gasteiger partial charge in [-0.25, -0.2) is 4.79 Å². The number of aromatic carboxylic acids is 1. The molecule has 1 saturated heterocycles. The number of thioether (sulfide) groups is 1. The number of aliphatic hydroxyl groups excluding tert-OH is 1. The van der Waals surface area contributed by atoms with Gasteiger partial charge in [0.05, 0.1) is 24.4 Å². The molecule has 40 heavy (non-hydrogen) atoms. The molecule has 1 aliphatic rings. The number of amides is 1. The molecule has 0 spiro atoms. The van der Waals surface area contributed by atoms with Crippen molar-refractivity contribution >= 4 is 35.3 Å². The first-order valence-corrected chi connectivity index (χ1v) is 13.7. The molecule has 1 fully saturated rings. The number of rotatable bonds is 10. The molecule has 9 nitrogen and oxygen atoms in total. The van der Waals surface area contributed by atoms with Crippen LogP contribution in [0.4, 0.5) is 5.69 Å². The first kappa shape index (κ1) is 29.3. The van der Waals surface area contributed by atoms with Crippen LogP contribution in [0.2, 0.25) is 0 Å². The van der Waals surface area contributed by atoms with E-state index in [1.54, 1.807) is 54.2 Å². The summed E-state index contributed by atoms with van der Waals surface area (Å²) < 4.78 is 17.7. The molecule has 0 saturated carbocycles. The Morgan fingerprint density at radius 1 is 1.02 bits per heavy atom. The van der Waals surface area contributed by atoms with Gasteiger partial charge in [-0.3, -0.25) is 9.59 Å². The Kier molecular flexibility index (Phi) is 9.94. The summed E-state index contributed by atoms with van der Waals surface area (Å²) in [5.41, 5.74) is 3.19. The van der Waals surface area contributed by atoms with Crippen molar-refractivity contribution in [1.82, 2.24) is 0 Å². The van der Waals surface area contributed by atoms with Gasteiger partial charge in [0, 0.05) is 35.2 Å². The standard InChI is InChI=1S/C30H31NO8S/c1-18(37-19(2)33)28(34)31-24-5-3-4-23(14-24)30-38-25(17-40-26-12-10-22(11-13-26)29(35)36)15-27(39-30)21-8-6-20(16-32)7-9-21/h3-14,18,25,27,30,32H,15-17H2,1-2H3,(H,31,34)(H,35,36)/t18-,25-,27+,30?/m0/s1. The highest BCUT2D eigenvalue weighted by Gasteiger charge is 2.32. The predicted molar refractivity (Wildman–Crippen MR) is 149 cm³/mol. The van der Waals surface area contributed by atoms with Gasteiger partial charge in [0.2, 0.25) is 0 Å². The Hall–Kier alpha value is -3.70. The molecule has 0 radical (unpaired) electrons. The van der Waals surface area contributed by atoms with Crippen LogP contribution in [-0.4, -0.2) is 46.0 Å². The molecule has 1 amide bonds. The molecule has 1 aliphatic heterocycles. The third-order valence-electron chi connectivity index (χ3n) is 6.29. The molecule has 1 unspecified atom stereocenters. The maximum atomic E-state index is 12.5. The zero-order valence-corrected chi connectivity index (χ0v) is 22.9. The average Bonchev–Trinajstić information content (AvgIpc) is 2.96. The summed E-state index contributed by atoms with van der Waals surface area (Å²) in [6.07, 6.45) is -1.56. The quantitative estimate of drug-likeness (QED) is 0.227. The Balaban J connectivity index is 1.51. The third-order valence-corrected chi connectivity index (χ3v) is 7.43. The van der Waals surface area contributed by atoms with Gasteiger partial charge in [0.15, 0.2) is 12.4 Å². The monoisotopic (exact) mass is 565 g/mol. The SMILES string of the molecule is CC(=O)O[C@@H](C)C(=O)Nc1cccc(C2O[C@H](CSc3ccc(C(=O)O)cc3)C[C@H](c3ccc(CO)cc3)O2)c1. The van der Waals surface area contributed by atoms with Crippen molar-refractivity contribution in [1.29, 1.82) is 0 Å².